The SMILES string of the molecule is O=[N+]([O-])c1ccc(S(=O)(=O)Oc2c(Br)cccc2Br)cc1. The van der Waals surface area contributed by atoms with E-state index < -0.39 is 15.0 Å². The molecule has 0 amide bonds. The number of para-hydroxylation sites is 1. The summed E-state index contributed by atoms with van der Waals surface area (Å²) in [5.74, 6) is 0.107. The molecule has 110 valence electrons. The minimum atomic E-state index is -4.08. The Hall–Kier alpha value is -1.45. The van der Waals surface area contributed by atoms with Crippen LogP contribution in [0.25, 0.3) is 0 Å². The predicted molar refractivity (Wildman–Crippen MR) is 82.8 cm³/mol. The Kier molecular flexibility index (Phi) is 4.64. The van der Waals surface area contributed by atoms with Gasteiger partial charge in [-0.25, -0.2) is 0 Å². The molecule has 9 heteroatoms. The Bertz CT molecular complexity index is 770. The van der Waals surface area contributed by atoms with Crippen molar-refractivity contribution < 1.29 is 17.5 Å². The monoisotopic (exact) mass is 435 g/mol. The summed E-state index contributed by atoms with van der Waals surface area (Å²) in [6.45, 7) is 0. The van der Waals surface area contributed by atoms with Crippen molar-refractivity contribution in [1.82, 2.24) is 0 Å². The first-order valence-corrected chi connectivity index (χ1v) is 8.43. The lowest BCUT2D eigenvalue weighted by Crippen LogP contribution is -2.10. The second-order valence-electron chi connectivity index (χ2n) is 3.84. The van der Waals surface area contributed by atoms with Crippen molar-refractivity contribution in [2.75, 3.05) is 0 Å². The quantitative estimate of drug-likeness (QED) is 0.412. The summed E-state index contributed by atoms with van der Waals surface area (Å²) in [5, 5.41) is 10.6. The number of benzene rings is 2. The van der Waals surface area contributed by atoms with Crippen LogP contribution in [0.1, 0.15) is 0 Å². The third-order valence-corrected chi connectivity index (χ3v) is 4.93. The number of hydrogen-bond acceptors (Lipinski definition) is 5. The number of hydrogen-bond donors (Lipinski definition) is 0. The van der Waals surface area contributed by atoms with Gasteiger partial charge in [-0.05, 0) is 56.1 Å². The van der Waals surface area contributed by atoms with Crippen molar-refractivity contribution >= 4 is 47.7 Å². The van der Waals surface area contributed by atoms with Crippen molar-refractivity contribution in [1.29, 1.82) is 0 Å². The smallest absolute Gasteiger partial charge is 0.339 e. The van der Waals surface area contributed by atoms with E-state index in [0.29, 0.717) is 8.95 Å². The van der Waals surface area contributed by atoms with Crippen LogP contribution < -0.4 is 4.18 Å². The summed E-state index contributed by atoms with van der Waals surface area (Å²) >= 11 is 6.39. The van der Waals surface area contributed by atoms with Crippen LogP contribution in [-0.2, 0) is 10.1 Å². The van der Waals surface area contributed by atoms with Gasteiger partial charge in [0.15, 0.2) is 5.75 Å². The van der Waals surface area contributed by atoms with Crippen molar-refractivity contribution in [3.05, 3.63) is 61.5 Å². The summed E-state index contributed by atoms with van der Waals surface area (Å²) in [4.78, 5) is 9.77. The Morgan fingerprint density at radius 3 is 2.00 bits per heavy atom. The van der Waals surface area contributed by atoms with E-state index in [1.165, 1.54) is 0 Å². The van der Waals surface area contributed by atoms with E-state index in [1.54, 1.807) is 18.2 Å². The summed E-state index contributed by atoms with van der Waals surface area (Å²) < 4.78 is 30.3. The topological polar surface area (TPSA) is 86.5 Å². The van der Waals surface area contributed by atoms with Gasteiger partial charge in [-0.15, -0.1) is 0 Å². The fourth-order valence-corrected chi connectivity index (χ4v) is 3.79. The lowest BCUT2D eigenvalue weighted by atomic mass is 10.3. The fraction of sp³-hybridized carbons (Fsp3) is 0. The van der Waals surface area contributed by atoms with Crippen LogP contribution in [-0.4, -0.2) is 13.3 Å². The zero-order valence-electron chi connectivity index (χ0n) is 10.2. The molecule has 0 fully saturated rings. The molecule has 21 heavy (non-hydrogen) atoms. The number of nitrogens with zero attached hydrogens (tertiary/aromatic N) is 1. The van der Waals surface area contributed by atoms with Crippen LogP contribution in [0.3, 0.4) is 0 Å². The Labute approximate surface area is 137 Å². The third-order valence-electron chi connectivity index (χ3n) is 2.45. The Balaban J connectivity index is 2.36. The molecule has 0 bridgehead atoms. The van der Waals surface area contributed by atoms with Crippen LogP contribution in [0, 0.1) is 10.1 Å². The highest BCUT2D eigenvalue weighted by molar-refractivity contribution is 9.11. The summed E-state index contributed by atoms with van der Waals surface area (Å²) in [6, 6.07) is 9.42. The molecule has 0 aliphatic carbocycles. The van der Waals surface area contributed by atoms with Gasteiger partial charge < -0.3 is 4.18 Å². The lowest BCUT2D eigenvalue weighted by molar-refractivity contribution is -0.384. The summed E-state index contributed by atoms with van der Waals surface area (Å²) in [7, 11) is -4.08. The number of nitro groups is 1. The maximum absolute atomic E-state index is 12.2. The predicted octanol–water partition coefficient (Wildman–Crippen LogP) is 3.89. The van der Waals surface area contributed by atoms with Gasteiger partial charge in [0, 0.05) is 12.1 Å². The lowest BCUT2D eigenvalue weighted by Gasteiger charge is -2.10. The van der Waals surface area contributed by atoms with Crippen LogP contribution in [0.2, 0.25) is 0 Å². The molecule has 0 N–H and O–H groups in total. The highest BCUT2D eigenvalue weighted by Gasteiger charge is 2.20. The molecule has 0 heterocycles. The van der Waals surface area contributed by atoms with Gasteiger partial charge in [0.05, 0.1) is 13.9 Å². The standard InChI is InChI=1S/C12H7Br2NO5S/c13-10-2-1-3-11(14)12(10)20-21(18,19)9-6-4-8(5-7-9)15(16)17/h1-7H. The molecular weight excluding hydrogens is 430 g/mol. The van der Waals surface area contributed by atoms with Gasteiger partial charge >= 0.3 is 10.1 Å². The second-order valence-corrected chi connectivity index (χ2v) is 7.09. The molecule has 0 saturated carbocycles. The molecule has 2 aromatic rings. The van der Waals surface area contributed by atoms with Crippen molar-refractivity contribution in [3.63, 3.8) is 0 Å². The van der Waals surface area contributed by atoms with Gasteiger partial charge in [0.1, 0.15) is 4.90 Å². The fourth-order valence-electron chi connectivity index (χ4n) is 1.45. The molecule has 0 spiro atoms. The zero-order valence-corrected chi connectivity index (χ0v) is 14.2. The van der Waals surface area contributed by atoms with E-state index in [-0.39, 0.29) is 16.3 Å². The number of halogens is 2. The molecule has 6 nitrogen and oxygen atoms in total. The average Bonchev–Trinajstić information content (AvgIpc) is 2.43. The molecule has 0 aliphatic heterocycles. The molecule has 0 aliphatic rings. The van der Waals surface area contributed by atoms with Crippen LogP contribution >= 0.6 is 31.9 Å². The zero-order chi connectivity index (χ0) is 15.6. The molecule has 0 saturated heterocycles. The average molecular weight is 437 g/mol. The second kappa shape index (κ2) is 6.12. The van der Waals surface area contributed by atoms with E-state index in [0.717, 1.165) is 24.3 Å². The first-order chi connectivity index (χ1) is 9.81. The largest absolute Gasteiger partial charge is 0.377 e. The highest BCUT2D eigenvalue weighted by Crippen LogP contribution is 2.35. The number of rotatable bonds is 4. The first kappa shape index (κ1) is 15.9. The molecule has 2 rings (SSSR count). The van der Waals surface area contributed by atoms with E-state index in [2.05, 4.69) is 31.9 Å². The van der Waals surface area contributed by atoms with E-state index in [1.807, 2.05) is 0 Å². The van der Waals surface area contributed by atoms with Gasteiger partial charge in [-0.2, -0.15) is 8.42 Å². The van der Waals surface area contributed by atoms with Crippen LogP contribution in [0.15, 0.2) is 56.3 Å². The summed E-state index contributed by atoms with van der Waals surface area (Å²) in [5.41, 5.74) is -0.198. The minimum Gasteiger partial charge on any atom is -0.377 e. The Morgan fingerprint density at radius 1 is 1.00 bits per heavy atom. The molecule has 2 aromatic carbocycles. The third kappa shape index (κ3) is 3.60. The van der Waals surface area contributed by atoms with Crippen molar-refractivity contribution in [2.24, 2.45) is 0 Å². The van der Waals surface area contributed by atoms with E-state index in [4.69, 9.17) is 4.18 Å². The van der Waals surface area contributed by atoms with Gasteiger partial charge in [0.25, 0.3) is 5.69 Å². The molecule has 0 atom stereocenters. The molecule has 0 aromatic heterocycles. The maximum Gasteiger partial charge on any atom is 0.339 e. The molecular formula is C12H7Br2NO5S. The van der Waals surface area contributed by atoms with Crippen LogP contribution in [0.4, 0.5) is 5.69 Å². The van der Waals surface area contributed by atoms with Gasteiger partial charge in [-0.3, -0.25) is 10.1 Å². The van der Waals surface area contributed by atoms with E-state index >= 15 is 0 Å². The Morgan fingerprint density at radius 2 is 1.52 bits per heavy atom. The van der Waals surface area contributed by atoms with Gasteiger partial charge in [-0.1, -0.05) is 6.07 Å². The summed E-state index contributed by atoms with van der Waals surface area (Å²) in [6.07, 6.45) is 0. The first-order valence-electron chi connectivity index (χ1n) is 5.44. The number of nitro benzene ring substituents is 1. The maximum atomic E-state index is 12.2. The minimum absolute atomic E-state index is 0.107. The molecule has 0 radical (unpaired) electrons. The molecule has 0 unspecified atom stereocenters. The van der Waals surface area contributed by atoms with Crippen molar-refractivity contribution in [2.45, 2.75) is 4.90 Å². The normalized spacial score (nSPS) is 11.1. The van der Waals surface area contributed by atoms with Crippen molar-refractivity contribution in [3.8, 4) is 5.75 Å². The van der Waals surface area contributed by atoms with E-state index in [9.17, 15) is 18.5 Å². The number of non-ortho nitro benzene ring substituents is 1. The van der Waals surface area contributed by atoms with Gasteiger partial charge in [0.2, 0.25) is 0 Å². The van der Waals surface area contributed by atoms with Crippen LogP contribution in [0.5, 0.6) is 5.75 Å². The highest BCUT2D eigenvalue weighted by atomic mass is 79.9.